The maximum Gasteiger partial charge on any atom is 0.227 e. The molecule has 1 aliphatic rings. The van der Waals surface area contributed by atoms with Crippen LogP contribution in [0.25, 0.3) is 10.2 Å². The first-order valence-corrected chi connectivity index (χ1v) is 11.3. The van der Waals surface area contributed by atoms with Crippen molar-refractivity contribution in [2.75, 3.05) is 23.3 Å². The number of fused-ring (bicyclic) bond motifs is 1. The number of anilines is 2. The van der Waals surface area contributed by atoms with Crippen LogP contribution in [0.4, 0.5) is 11.5 Å². The third kappa shape index (κ3) is 4.27. The molecule has 1 aliphatic heterocycles. The maximum absolute atomic E-state index is 12.7. The average Bonchev–Trinajstić information content (AvgIpc) is 3.18. The molecule has 6 heteroatoms. The fourth-order valence-corrected chi connectivity index (χ4v) is 4.80. The van der Waals surface area contributed by atoms with E-state index in [9.17, 15) is 4.79 Å². The summed E-state index contributed by atoms with van der Waals surface area (Å²) in [5.41, 5.74) is 2.16. The zero-order chi connectivity index (χ0) is 20.4. The second-order valence-electron chi connectivity index (χ2n) is 8.01. The largest absolute Gasteiger partial charge is 0.356 e. The van der Waals surface area contributed by atoms with Gasteiger partial charge in [0.15, 0.2) is 0 Å². The van der Waals surface area contributed by atoms with E-state index < -0.39 is 0 Å². The van der Waals surface area contributed by atoms with E-state index in [0.717, 1.165) is 54.1 Å². The summed E-state index contributed by atoms with van der Waals surface area (Å²) in [6.45, 7) is 8.19. The molecule has 152 valence electrons. The van der Waals surface area contributed by atoms with Crippen molar-refractivity contribution >= 4 is 39.0 Å². The summed E-state index contributed by atoms with van der Waals surface area (Å²) in [6, 6.07) is 10.4. The number of nitrogens with zero attached hydrogens (tertiary/aromatic N) is 3. The second-order valence-corrected chi connectivity index (χ2v) is 9.12. The van der Waals surface area contributed by atoms with Crippen LogP contribution in [-0.4, -0.2) is 29.0 Å². The van der Waals surface area contributed by atoms with E-state index in [1.807, 2.05) is 12.1 Å². The van der Waals surface area contributed by atoms with E-state index >= 15 is 0 Å². The van der Waals surface area contributed by atoms with Crippen molar-refractivity contribution in [3.05, 3.63) is 47.1 Å². The van der Waals surface area contributed by atoms with Crippen LogP contribution < -0.4 is 10.2 Å². The quantitative estimate of drug-likeness (QED) is 0.628. The third-order valence-electron chi connectivity index (χ3n) is 5.72. The molecule has 0 aliphatic carbocycles. The summed E-state index contributed by atoms with van der Waals surface area (Å²) in [6.07, 6.45) is 4.35. The highest BCUT2D eigenvalue weighted by Gasteiger charge is 2.27. The van der Waals surface area contributed by atoms with Crippen molar-refractivity contribution in [3.63, 3.8) is 0 Å². The number of rotatable bonds is 5. The monoisotopic (exact) mass is 408 g/mol. The van der Waals surface area contributed by atoms with Crippen molar-refractivity contribution in [2.24, 2.45) is 5.92 Å². The molecule has 0 atom stereocenters. The molecule has 1 fully saturated rings. The Morgan fingerprint density at radius 3 is 2.59 bits per heavy atom. The second kappa shape index (κ2) is 8.49. The summed E-state index contributed by atoms with van der Waals surface area (Å²) >= 11 is 1.74. The van der Waals surface area contributed by atoms with Crippen molar-refractivity contribution in [1.29, 1.82) is 0 Å². The number of carbonyl (C=O) groups excluding carboxylic acids is 1. The molecule has 2 aromatic heterocycles. The summed E-state index contributed by atoms with van der Waals surface area (Å²) in [5, 5.41) is 4.23. The van der Waals surface area contributed by atoms with Gasteiger partial charge in [-0.2, -0.15) is 0 Å². The summed E-state index contributed by atoms with van der Waals surface area (Å²) in [4.78, 5) is 26.4. The van der Waals surface area contributed by atoms with Gasteiger partial charge in [-0.3, -0.25) is 4.79 Å². The van der Waals surface area contributed by atoms with Crippen LogP contribution in [0.1, 0.15) is 50.0 Å². The summed E-state index contributed by atoms with van der Waals surface area (Å²) in [5.74, 6) is 1.67. The van der Waals surface area contributed by atoms with Crippen molar-refractivity contribution in [2.45, 2.75) is 46.0 Å². The SMILES string of the molecule is CCc1cc2c(N3CCC(C(=O)Nc4ccc(C(C)C)cc4)CC3)ncnc2s1. The minimum Gasteiger partial charge on any atom is -0.356 e. The molecule has 0 radical (unpaired) electrons. The third-order valence-corrected chi connectivity index (χ3v) is 6.91. The summed E-state index contributed by atoms with van der Waals surface area (Å²) < 4.78 is 0. The number of amides is 1. The van der Waals surface area contributed by atoms with Gasteiger partial charge in [-0.05, 0) is 48.9 Å². The molecular formula is C23H28N4OS. The molecule has 4 rings (SSSR count). The van der Waals surface area contributed by atoms with Gasteiger partial charge in [-0.15, -0.1) is 11.3 Å². The van der Waals surface area contributed by atoms with Crippen LogP contribution in [0.5, 0.6) is 0 Å². The lowest BCUT2D eigenvalue weighted by molar-refractivity contribution is -0.120. The van der Waals surface area contributed by atoms with Crippen LogP contribution in [0.3, 0.4) is 0 Å². The Balaban J connectivity index is 1.39. The molecule has 29 heavy (non-hydrogen) atoms. The van der Waals surface area contributed by atoms with Gasteiger partial charge < -0.3 is 10.2 Å². The number of carbonyl (C=O) groups is 1. The molecule has 5 nitrogen and oxygen atoms in total. The van der Waals surface area contributed by atoms with Gasteiger partial charge in [0, 0.05) is 29.6 Å². The fraction of sp³-hybridized carbons (Fsp3) is 0.435. The minimum absolute atomic E-state index is 0.0435. The van der Waals surface area contributed by atoms with Gasteiger partial charge >= 0.3 is 0 Å². The van der Waals surface area contributed by atoms with E-state index in [0.29, 0.717) is 5.92 Å². The first-order valence-electron chi connectivity index (χ1n) is 10.4. The van der Waals surface area contributed by atoms with E-state index in [1.54, 1.807) is 17.7 Å². The molecule has 1 saturated heterocycles. The van der Waals surface area contributed by atoms with E-state index in [1.165, 1.54) is 10.4 Å². The van der Waals surface area contributed by atoms with E-state index in [2.05, 4.69) is 59.2 Å². The zero-order valence-corrected chi connectivity index (χ0v) is 18.1. The molecule has 1 N–H and O–H groups in total. The number of hydrogen-bond donors (Lipinski definition) is 1. The molecule has 0 spiro atoms. The molecule has 3 aromatic rings. The first kappa shape index (κ1) is 19.8. The fourth-order valence-electron chi connectivity index (χ4n) is 3.87. The van der Waals surface area contributed by atoms with Gasteiger partial charge in [-0.1, -0.05) is 32.9 Å². The molecule has 1 amide bonds. The lowest BCUT2D eigenvalue weighted by atomic mass is 9.95. The molecule has 0 bridgehead atoms. The minimum atomic E-state index is 0.0435. The van der Waals surface area contributed by atoms with Crippen molar-refractivity contribution in [3.8, 4) is 0 Å². The Bertz CT molecular complexity index is 988. The molecule has 0 saturated carbocycles. The van der Waals surface area contributed by atoms with Gasteiger partial charge in [-0.25, -0.2) is 9.97 Å². The van der Waals surface area contributed by atoms with Gasteiger partial charge in [0.1, 0.15) is 17.0 Å². The molecular weight excluding hydrogens is 380 g/mol. The van der Waals surface area contributed by atoms with Crippen LogP contribution >= 0.6 is 11.3 Å². The number of aromatic nitrogens is 2. The Morgan fingerprint density at radius 2 is 1.93 bits per heavy atom. The van der Waals surface area contributed by atoms with Crippen LogP contribution in [-0.2, 0) is 11.2 Å². The zero-order valence-electron chi connectivity index (χ0n) is 17.3. The number of nitrogens with one attached hydrogen (secondary N) is 1. The van der Waals surface area contributed by atoms with Crippen molar-refractivity contribution in [1.82, 2.24) is 9.97 Å². The molecule has 1 aromatic carbocycles. The number of aryl methyl sites for hydroxylation is 1. The Kier molecular flexibility index (Phi) is 5.81. The topological polar surface area (TPSA) is 58.1 Å². The smallest absolute Gasteiger partial charge is 0.227 e. The lowest BCUT2D eigenvalue weighted by Crippen LogP contribution is -2.38. The van der Waals surface area contributed by atoms with Crippen LogP contribution in [0, 0.1) is 5.92 Å². The van der Waals surface area contributed by atoms with Crippen LogP contribution in [0.2, 0.25) is 0 Å². The standard InChI is InChI=1S/C23H28N4OS/c1-4-19-13-20-21(24-14-25-23(20)29-19)27-11-9-17(10-12-27)22(28)26-18-7-5-16(6-8-18)15(2)3/h5-8,13-15,17H,4,9-12H2,1-3H3,(H,26,28). The number of hydrogen-bond acceptors (Lipinski definition) is 5. The Labute approximate surface area is 176 Å². The highest BCUT2D eigenvalue weighted by atomic mass is 32.1. The number of benzene rings is 1. The molecule has 3 heterocycles. The average molecular weight is 409 g/mol. The lowest BCUT2D eigenvalue weighted by Gasteiger charge is -2.32. The van der Waals surface area contributed by atoms with Gasteiger partial charge in [0.05, 0.1) is 5.39 Å². The van der Waals surface area contributed by atoms with Crippen molar-refractivity contribution < 1.29 is 4.79 Å². The maximum atomic E-state index is 12.7. The number of piperidine rings is 1. The molecule has 0 unspecified atom stereocenters. The van der Waals surface area contributed by atoms with E-state index in [4.69, 9.17) is 0 Å². The first-order chi connectivity index (χ1) is 14.0. The Hall–Kier alpha value is -2.47. The van der Waals surface area contributed by atoms with Gasteiger partial charge in [0.25, 0.3) is 0 Å². The normalized spacial score (nSPS) is 15.2. The highest BCUT2D eigenvalue weighted by molar-refractivity contribution is 7.18. The highest BCUT2D eigenvalue weighted by Crippen LogP contribution is 2.32. The van der Waals surface area contributed by atoms with E-state index in [-0.39, 0.29) is 11.8 Å². The predicted octanol–water partition coefficient (Wildman–Crippen LogP) is 5.23. The van der Waals surface area contributed by atoms with Crippen LogP contribution in [0.15, 0.2) is 36.7 Å². The Morgan fingerprint density at radius 1 is 1.21 bits per heavy atom. The number of thiophene rings is 1. The predicted molar refractivity (Wildman–Crippen MR) is 121 cm³/mol. The van der Waals surface area contributed by atoms with Gasteiger partial charge in [0.2, 0.25) is 5.91 Å². The summed E-state index contributed by atoms with van der Waals surface area (Å²) in [7, 11) is 0.